The Morgan fingerprint density at radius 1 is 1.29 bits per heavy atom. The number of carbonyl (C=O) groups is 3. The molecule has 6 heteroatoms. The quantitative estimate of drug-likeness (QED) is 0.627. The van der Waals surface area contributed by atoms with E-state index in [9.17, 15) is 14.4 Å². The zero-order valence-electron chi connectivity index (χ0n) is 9.89. The van der Waals surface area contributed by atoms with Gasteiger partial charge in [-0.2, -0.15) is 0 Å². The number of hydrogen-bond donors (Lipinski definition) is 1. The van der Waals surface area contributed by atoms with Gasteiger partial charge in [0.15, 0.2) is 0 Å². The molecule has 0 aromatic rings. The highest BCUT2D eigenvalue weighted by atomic mass is 16.2. The topological polar surface area (TPSA) is 83.7 Å². The van der Waals surface area contributed by atoms with E-state index in [0.29, 0.717) is 26.2 Å². The largest absolute Gasteiger partial charge is 0.341 e. The van der Waals surface area contributed by atoms with Crippen molar-refractivity contribution in [2.24, 2.45) is 17.6 Å². The van der Waals surface area contributed by atoms with Gasteiger partial charge in [0.2, 0.25) is 17.7 Å². The summed E-state index contributed by atoms with van der Waals surface area (Å²) in [6, 6.07) is 0. The van der Waals surface area contributed by atoms with Crippen LogP contribution < -0.4 is 5.73 Å². The molecule has 2 fully saturated rings. The van der Waals surface area contributed by atoms with Gasteiger partial charge < -0.3 is 10.6 Å². The Hall–Kier alpha value is -1.43. The van der Waals surface area contributed by atoms with Crippen molar-refractivity contribution < 1.29 is 14.4 Å². The highest BCUT2D eigenvalue weighted by molar-refractivity contribution is 6.06. The predicted molar refractivity (Wildman–Crippen MR) is 59.6 cm³/mol. The molecular weight excluding hydrogens is 222 g/mol. The molecule has 3 amide bonds. The molecule has 0 unspecified atom stereocenters. The fraction of sp³-hybridized carbons (Fsp3) is 0.727. The number of nitrogens with two attached hydrogens (primary N) is 1. The molecule has 0 aromatic heterocycles. The van der Waals surface area contributed by atoms with E-state index < -0.39 is 0 Å². The van der Waals surface area contributed by atoms with Crippen molar-refractivity contribution in [2.75, 3.05) is 26.2 Å². The minimum Gasteiger partial charge on any atom is -0.341 e. The van der Waals surface area contributed by atoms with Crippen LogP contribution in [0.5, 0.6) is 0 Å². The molecular formula is C11H17N3O3. The van der Waals surface area contributed by atoms with E-state index >= 15 is 0 Å². The third-order valence-electron chi connectivity index (χ3n) is 3.51. The van der Waals surface area contributed by atoms with E-state index in [1.807, 2.05) is 0 Å². The average Bonchev–Trinajstić information content (AvgIpc) is 2.81. The Bertz CT molecular complexity index is 345. The lowest BCUT2D eigenvalue weighted by Gasteiger charge is -2.19. The van der Waals surface area contributed by atoms with E-state index in [0.717, 1.165) is 0 Å². The first-order valence-corrected chi connectivity index (χ1v) is 5.93. The van der Waals surface area contributed by atoms with Crippen LogP contribution in [0.2, 0.25) is 0 Å². The van der Waals surface area contributed by atoms with Crippen LogP contribution in [-0.2, 0) is 14.4 Å². The number of fused-ring (bicyclic) bond motifs is 1. The molecule has 0 aliphatic carbocycles. The van der Waals surface area contributed by atoms with E-state index in [2.05, 4.69) is 0 Å². The van der Waals surface area contributed by atoms with Crippen molar-refractivity contribution in [3.05, 3.63) is 0 Å². The first-order chi connectivity index (χ1) is 8.10. The van der Waals surface area contributed by atoms with E-state index in [-0.39, 0.29) is 36.0 Å². The van der Waals surface area contributed by atoms with Crippen molar-refractivity contribution in [3.8, 4) is 0 Å². The highest BCUT2D eigenvalue weighted by Crippen LogP contribution is 2.33. The van der Waals surface area contributed by atoms with E-state index in [1.165, 1.54) is 4.90 Å². The summed E-state index contributed by atoms with van der Waals surface area (Å²) in [5.74, 6) is -0.991. The minimum absolute atomic E-state index is 0.0643. The summed E-state index contributed by atoms with van der Waals surface area (Å²) in [4.78, 5) is 38.3. The second-order valence-corrected chi connectivity index (χ2v) is 4.47. The summed E-state index contributed by atoms with van der Waals surface area (Å²) in [6.07, 6.45) is 0.277. The van der Waals surface area contributed by atoms with Gasteiger partial charge in [0, 0.05) is 32.6 Å². The van der Waals surface area contributed by atoms with Gasteiger partial charge >= 0.3 is 0 Å². The van der Waals surface area contributed by atoms with Gasteiger partial charge in [-0.15, -0.1) is 0 Å². The van der Waals surface area contributed by atoms with Crippen molar-refractivity contribution in [1.82, 2.24) is 9.80 Å². The van der Waals surface area contributed by atoms with Crippen molar-refractivity contribution >= 4 is 17.7 Å². The van der Waals surface area contributed by atoms with E-state index in [1.54, 1.807) is 11.8 Å². The van der Waals surface area contributed by atoms with Gasteiger partial charge in [0.1, 0.15) is 0 Å². The van der Waals surface area contributed by atoms with Gasteiger partial charge in [-0.3, -0.25) is 19.3 Å². The van der Waals surface area contributed by atoms with Crippen LogP contribution in [0.1, 0.15) is 13.3 Å². The fourth-order valence-electron chi connectivity index (χ4n) is 2.61. The fourth-order valence-corrected chi connectivity index (χ4v) is 2.61. The maximum Gasteiger partial charge on any atom is 0.234 e. The van der Waals surface area contributed by atoms with Crippen molar-refractivity contribution in [2.45, 2.75) is 13.3 Å². The van der Waals surface area contributed by atoms with Crippen LogP contribution in [0, 0.1) is 11.8 Å². The number of amides is 3. The number of rotatable bonds is 3. The zero-order valence-corrected chi connectivity index (χ0v) is 9.89. The highest BCUT2D eigenvalue weighted by Gasteiger charge is 2.52. The molecule has 94 valence electrons. The van der Waals surface area contributed by atoms with Crippen molar-refractivity contribution in [3.63, 3.8) is 0 Å². The Morgan fingerprint density at radius 2 is 1.82 bits per heavy atom. The Kier molecular flexibility index (Phi) is 3.15. The van der Waals surface area contributed by atoms with E-state index in [4.69, 9.17) is 5.73 Å². The molecule has 2 aliphatic heterocycles. The number of imide groups is 1. The first-order valence-electron chi connectivity index (χ1n) is 5.93. The van der Waals surface area contributed by atoms with Crippen LogP contribution in [0.15, 0.2) is 0 Å². The molecule has 2 rings (SSSR count). The number of nitrogens with zero attached hydrogens (tertiary/aromatic N) is 2. The molecule has 17 heavy (non-hydrogen) atoms. The summed E-state index contributed by atoms with van der Waals surface area (Å²) in [5.41, 5.74) is 5.32. The summed E-state index contributed by atoms with van der Waals surface area (Å²) in [7, 11) is 0. The third-order valence-corrected chi connectivity index (χ3v) is 3.51. The Morgan fingerprint density at radius 3 is 2.24 bits per heavy atom. The second-order valence-electron chi connectivity index (χ2n) is 4.47. The number of carbonyl (C=O) groups excluding carboxylic acids is 3. The lowest BCUT2D eigenvalue weighted by Crippen LogP contribution is -2.38. The smallest absolute Gasteiger partial charge is 0.234 e. The monoisotopic (exact) mass is 239 g/mol. The molecule has 0 aromatic carbocycles. The second kappa shape index (κ2) is 4.44. The van der Waals surface area contributed by atoms with Gasteiger partial charge in [-0.25, -0.2) is 0 Å². The number of likely N-dealkylation sites (tertiary alicyclic amines) is 2. The zero-order chi connectivity index (χ0) is 12.6. The molecule has 0 bridgehead atoms. The summed E-state index contributed by atoms with van der Waals surface area (Å²) < 4.78 is 0. The van der Waals surface area contributed by atoms with Crippen LogP contribution in [-0.4, -0.2) is 53.7 Å². The Labute approximate surface area is 99.7 Å². The number of hydrogen-bond acceptors (Lipinski definition) is 4. The molecule has 2 heterocycles. The van der Waals surface area contributed by atoms with Crippen LogP contribution in [0.3, 0.4) is 0 Å². The maximum absolute atomic E-state index is 11.9. The van der Waals surface area contributed by atoms with Crippen molar-refractivity contribution in [1.29, 1.82) is 0 Å². The Balaban J connectivity index is 2.07. The third kappa shape index (κ3) is 1.82. The molecule has 0 saturated carbocycles. The molecule has 0 radical (unpaired) electrons. The lowest BCUT2D eigenvalue weighted by atomic mass is 10.00. The summed E-state index contributed by atoms with van der Waals surface area (Å²) in [6.45, 7) is 3.23. The minimum atomic E-state index is -0.329. The molecule has 2 N–H and O–H groups in total. The van der Waals surface area contributed by atoms with Gasteiger partial charge in [-0.05, 0) is 6.92 Å². The molecule has 6 nitrogen and oxygen atoms in total. The van der Waals surface area contributed by atoms with Crippen LogP contribution >= 0.6 is 0 Å². The van der Waals surface area contributed by atoms with Crippen LogP contribution in [0.25, 0.3) is 0 Å². The lowest BCUT2D eigenvalue weighted by molar-refractivity contribution is -0.140. The predicted octanol–water partition coefficient (Wildman–Crippen LogP) is -1.20. The van der Waals surface area contributed by atoms with Gasteiger partial charge in [-0.1, -0.05) is 0 Å². The standard InChI is InChI=1S/C11H17N3O3/c1-2-14-10(16)7-5-13(9(15)3-4-12)6-8(7)11(14)17/h7-8H,2-6,12H2,1H3/t7-,8+. The molecule has 2 atom stereocenters. The van der Waals surface area contributed by atoms with Gasteiger partial charge in [0.05, 0.1) is 11.8 Å². The van der Waals surface area contributed by atoms with Crippen LogP contribution in [0.4, 0.5) is 0 Å². The van der Waals surface area contributed by atoms with Gasteiger partial charge in [0.25, 0.3) is 0 Å². The molecule has 0 spiro atoms. The molecule has 2 aliphatic rings. The SMILES string of the molecule is CCN1C(=O)[C@H]2CN(C(=O)CCN)C[C@H]2C1=O. The summed E-state index contributed by atoms with van der Waals surface area (Å²) >= 11 is 0. The average molecular weight is 239 g/mol. The normalized spacial score (nSPS) is 27.9. The first kappa shape index (κ1) is 12.0. The maximum atomic E-state index is 11.9. The molecule has 2 saturated heterocycles. The summed E-state index contributed by atoms with van der Waals surface area (Å²) in [5, 5.41) is 0.